The topological polar surface area (TPSA) is 56.7 Å². The van der Waals surface area contributed by atoms with Gasteiger partial charge >= 0.3 is 0 Å². The second kappa shape index (κ2) is 9.75. The van der Waals surface area contributed by atoms with Gasteiger partial charge in [-0.3, -0.25) is 0 Å². The highest BCUT2D eigenvalue weighted by atomic mass is 79.9. The van der Waals surface area contributed by atoms with Crippen LogP contribution >= 0.6 is 39.1 Å². The van der Waals surface area contributed by atoms with Crippen molar-refractivity contribution in [3.8, 4) is 28.5 Å². The Morgan fingerprint density at radius 2 is 1.73 bits per heavy atom. The zero-order valence-electron chi connectivity index (χ0n) is 20.1. The summed E-state index contributed by atoms with van der Waals surface area (Å²) in [5, 5.41) is 15.1. The Bertz CT molecular complexity index is 1570. The van der Waals surface area contributed by atoms with Crippen molar-refractivity contribution >= 4 is 39.1 Å². The van der Waals surface area contributed by atoms with Crippen LogP contribution in [0.25, 0.3) is 28.5 Å². The third-order valence-electron chi connectivity index (χ3n) is 6.91. The van der Waals surface area contributed by atoms with Crippen molar-refractivity contribution in [1.29, 1.82) is 0 Å². The third-order valence-corrected chi connectivity index (χ3v) is 7.98. The minimum atomic E-state index is -0.102. The van der Waals surface area contributed by atoms with Crippen LogP contribution in [0.1, 0.15) is 36.8 Å². The first-order chi connectivity index (χ1) is 18.0. The molecule has 5 aromatic rings. The van der Waals surface area contributed by atoms with E-state index >= 15 is 0 Å². The lowest BCUT2D eigenvalue weighted by Gasteiger charge is -2.11. The van der Waals surface area contributed by atoms with Crippen LogP contribution in [0.3, 0.4) is 0 Å². The van der Waals surface area contributed by atoms with E-state index in [1.54, 1.807) is 6.07 Å². The molecule has 8 heteroatoms. The SMILES string of the molecule is CCc1c(-c2nnc(C3(Cc4ccccc4)CC3)o2)nn(-c2ccc(Cl)cc2Cl)c1-c1ccc(Br)cc1. The molecule has 5 nitrogen and oxygen atoms in total. The number of hydrogen-bond donors (Lipinski definition) is 0. The van der Waals surface area contributed by atoms with E-state index in [1.807, 2.05) is 35.0 Å². The Morgan fingerprint density at radius 3 is 2.41 bits per heavy atom. The van der Waals surface area contributed by atoms with E-state index in [0.29, 0.717) is 27.5 Å². The zero-order valence-corrected chi connectivity index (χ0v) is 23.2. The molecule has 2 aromatic heterocycles. The van der Waals surface area contributed by atoms with Crippen LogP contribution in [-0.2, 0) is 18.3 Å². The van der Waals surface area contributed by atoms with Crippen LogP contribution in [0.4, 0.5) is 0 Å². The van der Waals surface area contributed by atoms with E-state index in [1.165, 1.54) is 5.56 Å². The van der Waals surface area contributed by atoms with Gasteiger partial charge < -0.3 is 4.42 Å². The summed E-state index contributed by atoms with van der Waals surface area (Å²) in [6.07, 6.45) is 3.67. The Kier molecular flexibility index (Phi) is 6.43. The van der Waals surface area contributed by atoms with Crippen LogP contribution in [0.2, 0.25) is 10.0 Å². The minimum absolute atomic E-state index is 0.102. The monoisotopic (exact) mass is 592 g/mol. The minimum Gasteiger partial charge on any atom is -0.419 e. The summed E-state index contributed by atoms with van der Waals surface area (Å²) in [5.74, 6) is 1.10. The summed E-state index contributed by atoms with van der Waals surface area (Å²) in [5.41, 5.74) is 5.51. The number of aromatic nitrogens is 4. The van der Waals surface area contributed by atoms with E-state index in [-0.39, 0.29) is 5.41 Å². The molecule has 1 saturated carbocycles. The lowest BCUT2D eigenvalue weighted by molar-refractivity contribution is 0.438. The molecule has 0 atom stereocenters. The number of halogens is 3. The van der Waals surface area contributed by atoms with Crippen molar-refractivity contribution in [2.45, 2.75) is 38.0 Å². The van der Waals surface area contributed by atoms with E-state index in [9.17, 15) is 0 Å². The smallest absolute Gasteiger partial charge is 0.268 e. The Balaban J connectivity index is 1.47. The predicted octanol–water partition coefficient (Wildman–Crippen LogP) is 8.50. The molecule has 0 unspecified atom stereocenters. The number of hydrogen-bond acceptors (Lipinski definition) is 4. The van der Waals surface area contributed by atoms with Gasteiger partial charge in [0, 0.05) is 20.6 Å². The normalized spacial score (nSPS) is 14.2. The molecule has 37 heavy (non-hydrogen) atoms. The van der Waals surface area contributed by atoms with Crippen LogP contribution < -0.4 is 0 Å². The van der Waals surface area contributed by atoms with Crippen molar-refractivity contribution in [2.75, 3.05) is 0 Å². The first-order valence-electron chi connectivity index (χ1n) is 12.2. The lowest BCUT2D eigenvalue weighted by atomic mass is 9.96. The molecule has 0 saturated heterocycles. The summed E-state index contributed by atoms with van der Waals surface area (Å²) < 4.78 is 9.22. The molecule has 0 spiro atoms. The van der Waals surface area contributed by atoms with Crippen LogP contribution in [-0.4, -0.2) is 20.0 Å². The molecule has 0 aliphatic heterocycles. The van der Waals surface area contributed by atoms with Crippen molar-refractivity contribution < 1.29 is 4.42 Å². The van der Waals surface area contributed by atoms with Gasteiger partial charge in [-0.25, -0.2) is 4.68 Å². The summed E-state index contributed by atoms with van der Waals surface area (Å²) in [4.78, 5) is 0. The molecule has 0 bridgehead atoms. The van der Waals surface area contributed by atoms with Gasteiger partial charge in [-0.1, -0.05) is 88.5 Å². The molecule has 0 amide bonds. The summed E-state index contributed by atoms with van der Waals surface area (Å²) in [6.45, 7) is 2.10. The van der Waals surface area contributed by atoms with Crippen molar-refractivity contribution in [3.05, 3.63) is 104 Å². The number of rotatable bonds is 7. The van der Waals surface area contributed by atoms with Crippen LogP contribution in [0.5, 0.6) is 0 Å². The van der Waals surface area contributed by atoms with E-state index < -0.39 is 0 Å². The van der Waals surface area contributed by atoms with Gasteiger partial charge in [-0.05, 0) is 61.6 Å². The standard InChI is InChI=1S/C29H23BrCl2N4O/c1-2-22-25(27-33-34-28(37-27)29(14-15-29)17-18-6-4-3-5-7-18)35-36(24-13-12-21(31)16-23(24)32)26(22)19-8-10-20(30)11-9-19/h3-13,16H,2,14-15,17H2,1H3. The maximum absolute atomic E-state index is 6.64. The van der Waals surface area contributed by atoms with Gasteiger partial charge in [-0.2, -0.15) is 5.10 Å². The van der Waals surface area contributed by atoms with Crippen molar-refractivity contribution in [1.82, 2.24) is 20.0 Å². The average Bonchev–Trinajstić information content (AvgIpc) is 3.33. The average molecular weight is 594 g/mol. The Hall–Kier alpha value is -2.93. The van der Waals surface area contributed by atoms with Gasteiger partial charge in [0.1, 0.15) is 0 Å². The number of benzene rings is 3. The second-order valence-corrected chi connectivity index (χ2v) is 11.2. The van der Waals surface area contributed by atoms with E-state index in [2.05, 4.69) is 69.4 Å². The molecule has 1 aliphatic rings. The molecule has 0 N–H and O–H groups in total. The highest BCUT2D eigenvalue weighted by Gasteiger charge is 2.49. The first kappa shape index (κ1) is 24.4. The maximum atomic E-state index is 6.64. The maximum Gasteiger partial charge on any atom is 0.268 e. The molecular weight excluding hydrogens is 571 g/mol. The molecule has 6 rings (SSSR count). The molecular formula is C29H23BrCl2N4O. The van der Waals surface area contributed by atoms with E-state index in [0.717, 1.165) is 52.7 Å². The van der Waals surface area contributed by atoms with Crippen LogP contribution in [0.15, 0.2) is 81.7 Å². The van der Waals surface area contributed by atoms with Gasteiger partial charge in [-0.15, -0.1) is 10.2 Å². The summed E-state index contributed by atoms with van der Waals surface area (Å²) in [6, 6.07) is 24.0. The fourth-order valence-corrected chi connectivity index (χ4v) is 5.58. The second-order valence-electron chi connectivity index (χ2n) is 9.40. The fraction of sp³-hybridized carbons (Fsp3) is 0.207. The molecule has 2 heterocycles. The zero-order chi connectivity index (χ0) is 25.6. The first-order valence-corrected chi connectivity index (χ1v) is 13.7. The highest BCUT2D eigenvalue weighted by Crippen LogP contribution is 2.50. The lowest BCUT2D eigenvalue weighted by Crippen LogP contribution is -2.11. The fourth-order valence-electron chi connectivity index (χ4n) is 4.83. The molecule has 1 aliphatic carbocycles. The van der Waals surface area contributed by atoms with Gasteiger partial charge in [0.05, 0.1) is 21.8 Å². The largest absolute Gasteiger partial charge is 0.419 e. The Morgan fingerprint density at radius 1 is 0.973 bits per heavy atom. The summed E-state index contributed by atoms with van der Waals surface area (Å²) in [7, 11) is 0. The van der Waals surface area contributed by atoms with E-state index in [4.69, 9.17) is 32.7 Å². The van der Waals surface area contributed by atoms with Crippen LogP contribution in [0, 0.1) is 0 Å². The predicted molar refractivity (Wildman–Crippen MR) is 150 cm³/mol. The highest BCUT2D eigenvalue weighted by molar-refractivity contribution is 9.10. The molecule has 1 fully saturated rings. The summed E-state index contributed by atoms with van der Waals surface area (Å²) >= 11 is 16.4. The molecule has 0 radical (unpaired) electrons. The van der Waals surface area contributed by atoms with Crippen molar-refractivity contribution in [3.63, 3.8) is 0 Å². The third kappa shape index (κ3) is 4.63. The Labute approximate surface area is 233 Å². The number of nitrogens with zero attached hydrogens (tertiary/aromatic N) is 4. The van der Waals surface area contributed by atoms with Gasteiger partial charge in [0.2, 0.25) is 5.89 Å². The molecule has 3 aromatic carbocycles. The quantitative estimate of drug-likeness (QED) is 0.190. The molecule has 186 valence electrons. The van der Waals surface area contributed by atoms with Crippen molar-refractivity contribution in [2.24, 2.45) is 0 Å². The van der Waals surface area contributed by atoms with Gasteiger partial charge in [0.15, 0.2) is 5.69 Å². The van der Waals surface area contributed by atoms with Gasteiger partial charge in [0.25, 0.3) is 5.89 Å².